The van der Waals surface area contributed by atoms with Crippen molar-refractivity contribution in [2.24, 2.45) is 0 Å². The highest BCUT2D eigenvalue weighted by Crippen LogP contribution is 2.29. The van der Waals surface area contributed by atoms with Crippen molar-refractivity contribution in [2.45, 2.75) is 51.1 Å². The first kappa shape index (κ1) is 16.6. The third-order valence-corrected chi connectivity index (χ3v) is 4.75. The van der Waals surface area contributed by atoms with Gasteiger partial charge in [-0.25, -0.2) is 4.79 Å². The van der Waals surface area contributed by atoms with E-state index in [1.165, 1.54) is 5.56 Å². The molecule has 6 nitrogen and oxygen atoms in total. The van der Waals surface area contributed by atoms with Crippen molar-refractivity contribution in [3.8, 4) is 5.75 Å². The van der Waals surface area contributed by atoms with E-state index in [9.17, 15) is 9.59 Å². The lowest BCUT2D eigenvalue weighted by molar-refractivity contribution is -0.136. The molecule has 0 aromatic heterocycles. The van der Waals surface area contributed by atoms with Crippen molar-refractivity contribution in [2.75, 3.05) is 13.2 Å². The Hall–Kier alpha value is -2.24. The van der Waals surface area contributed by atoms with Crippen molar-refractivity contribution in [1.29, 1.82) is 0 Å². The predicted molar refractivity (Wildman–Crippen MR) is 89.1 cm³/mol. The fourth-order valence-corrected chi connectivity index (χ4v) is 3.50. The average Bonchev–Trinajstić information content (AvgIpc) is 3.23. The number of rotatable bonds is 6. The van der Waals surface area contributed by atoms with Gasteiger partial charge in [0.15, 0.2) is 0 Å². The molecule has 1 aliphatic heterocycles. The van der Waals surface area contributed by atoms with Gasteiger partial charge in [0.1, 0.15) is 5.75 Å². The van der Waals surface area contributed by atoms with E-state index in [1.54, 1.807) is 0 Å². The Balaban J connectivity index is 1.67. The number of aliphatic carboxylic acids is 1. The topological polar surface area (TPSA) is 78.9 Å². The molecule has 3 rings (SSSR count). The van der Waals surface area contributed by atoms with E-state index < -0.39 is 5.97 Å². The summed E-state index contributed by atoms with van der Waals surface area (Å²) in [5, 5.41) is 11.5. The molecule has 2 aliphatic rings. The second-order valence-corrected chi connectivity index (χ2v) is 6.48. The molecular weight excluding hydrogens is 308 g/mol. The van der Waals surface area contributed by atoms with Crippen molar-refractivity contribution in [3.63, 3.8) is 0 Å². The van der Waals surface area contributed by atoms with Crippen LogP contribution in [0.5, 0.6) is 5.75 Å². The van der Waals surface area contributed by atoms with Gasteiger partial charge in [0, 0.05) is 25.6 Å². The van der Waals surface area contributed by atoms with Gasteiger partial charge in [-0.3, -0.25) is 4.79 Å². The number of carboxylic acid groups (broad SMARTS) is 1. The fraction of sp³-hybridized carbons (Fsp3) is 0.556. The van der Waals surface area contributed by atoms with E-state index in [0.29, 0.717) is 6.54 Å². The highest BCUT2D eigenvalue weighted by atomic mass is 16.5. The minimum Gasteiger partial charge on any atom is -0.493 e. The Morgan fingerprint density at radius 2 is 2.08 bits per heavy atom. The number of amides is 2. The van der Waals surface area contributed by atoms with Gasteiger partial charge in [-0.05, 0) is 30.0 Å². The molecule has 0 saturated heterocycles. The minimum atomic E-state index is -0.902. The maximum absolute atomic E-state index is 12.5. The van der Waals surface area contributed by atoms with Crippen molar-refractivity contribution in [3.05, 3.63) is 29.3 Å². The first-order chi connectivity index (χ1) is 11.6. The van der Waals surface area contributed by atoms with Crippen LogP contribution in [0.2, 0.25) is 0 Å². The molecule has 1 aliphatic carbocycles. The smallest absolute Gasteiger partial charge is 0.317 e. The van der Waals surface area contributed by atoms with Gasteiger partial charge in [-0.2, -0.15) is 0 Å². The van der Waals surface area contributed by atoms with Crippen LogP contribution >= 0.6 is 0 Å². The van der Waals surface area contributed by atoms with Gasteiger partial charge < -0.3 is 20.1 Å². The Kier molecular flexibility index (Phi) is 5.23. The number of hydrogen-bond acceptors (Lipinski definition) is 3. The van der Waals surface area contributed by atoms with Crippen LogP contribution in [0.25, 0.3) is 0 Å². The largest absolute Gasteiger partial charge is 0.493 e. The van der Waals surface area contributed by atoms with Crippen molar-refractivity contribution in [1.82, 2.24) is 10.2 Å². The highest BCUT2D eigenvalue weighted by molar-refractivity contribution is 5.75. The van der Waals surface area contributed by atoms with Crippen LogP contribution in [0.15, 0.2) is 18.2 Å². The van der Waals surface area contributed by atoms with Crippen LogP contribution in [-0.4, -0.2) is 41.2 Å². The maximum atomic E-state index is 12.5. The van der Waals surface area contributed by atoms with E-state index in [2.05, 4.69) is 11.4 Å². The van der Waals surface area contributed by atoms with E-state index in [1.807, 2.05) is 17.0 Å². The van der Waals surface area contributed by atoms with Crippen molar-refractivity contribution >= 4 is 12.0 Å². The normalized spacial score (nSPS) is 16.5. The number of hydrogen-bond donors (Lipinski definition) is 2. The number of nitrogens with one attached hydrogen (secondary N) is 1. The predicted octanol–water partition coefficient (Wildman–Crippen LogP) is 2.55. The highest BCUT2D eigenvalue weighted by Gasteiger charge is 2.27. The van der Waals surface area contributed by atoms with Crippen molar-refractivity contribution < 1.29 is 19.4 Å². The second-order valence-electron chi connectivity index (χ2n) is 6.48. The van der Waals surface area contributed by atoms with E-state index in [0.717, 1.165) is 50.0 Å². The number of ether oxygens (including phenoxy) is 1. The number of carbonyl (C=O) groups is 2. The lowest BCUT2D eigenvalue weighted by atomic mass is 10.1. The molecule has 1 saturated carbocycles. The summed E-state index contributed by atoms with van der Waals surface area (Å²) in [6.07, 6.45) is 5.17. The third-order valence-electron chi connectivity index (χ3n) is 4.75. The first-order valence-electron chi connectivity index (χ1n) is 8.64. The number of urea groups is 1. The number of carboxylic acids is 1. The zero-order valence-corrected chi connectivity index (χ0v) is 13.8. The molecule has 2 N–H and O–H groups in total. The average molecular weight is 332 g/mol. The molecule has 0 spiro atoms. The van der Waals surface area contributed by atoms with E-state index in [-0.39, 0.29) is 25.0 Å². The van der Waals surface area contributed by atoms with Gasteiger partial charge in [0.05, 0.1) is 13.0 Å². The number of fused-ring (bicyclic) bond motifs is 1. The summed E-state index contributed by atoms with van der Waals surface area (Å²) >= 11 is 0. The molecule has 2 amide bonds. The van der Waals surface area contributed by atoms with Gasteiger partial charge in [-0.15, -0.1) is 0 Å². The third kappa shape index (κ3) is 3.99. The summed E-state index contributed by atoms with van der Waals surface area (Å²) in [5.74, 6) is 0.0402. The molecular formula is C18H24N2O4. The molecule has 1 fully saturated rings. The summed E-state index contributed by atoms with van der Waals surface area (Å²) in [5.41, 5.74) is 2.30. The summed E-state index contributed by atoms with van der Waals surface area (Å²) in [6.45, 7) is 1.44. The summed E-state index contributed by atoms with van der Waals surface area (Å²) < 4.78 is 5.53. The molecule has 0 radical (unpaired) electrons. The quantitative estimate of drug-likeness (QED) is 0.839. The van der Waals surface area contributed by atoms with Crippen LogP contribution in [0.3, 0.4) is 0 Å². The molecule has 0 unspecified atom stereocenters. The summed E-state index contributed by atoms with van der Waals surface area (Å²) in [6, 6.07) is 6.18. The Morgan fingerprint density at radius 1 is 1.29 bits per heavy atom. The number of carbonyl (C=O) groups excluding carboxylic acids is 1. The summed E-state index contributed by atoms with van der Waals surface area (Å²) in [7, 11) is 0. The molecule has 130 valence electrons. The van der Waals surface area contributed by atoms with Crippen LogP contribution in [-0.2, 0) is 17.8 Å². The molecule has 0 atom stereocenters. The number of nitrogens with zero attached hydrogens (tertiary/aromatic N) is 1. The Bertz CT molecular complexity index is 611. The molecule has 6 heteroatoms. The zero-order valence-electron chi connectivity index (χ0n) is 13.8. The van der Waals surface area contributed by atoms with Gasteiger partial charge in [-0.1, -0.05) is 25.0 Å². The van der Waals surface area contributed by atoms with Gasteiger partial charge in [0.25, 0.3) is 0 Å². The fourth-order valence-electron chi connectivity index (χ4n) is 3.50. The Labute approximate surface area is 141 Å². The minimum absolute atomic E-state index is 0.0551. The SMILES string of the molecule is O=C(O)CCNC(=O)N(Cc1ccc2c(c1)CCO2)C1CCCC1. The second kappa shape index (κ2) is 7.55. The molecule has 24 heavy (non-hydrogen) atoms. The molecule has 1 aromatic rings. The van der Waals surface area contributed by atoms with Crippen LogP contribution in [0, 0.1) is 0 Å². The monoisotopic (exact) mass is 332 g/mol. The molecule has 1 aromatic carbocycles. The van der Waals surface area contributed by atoms with Crippen LogP contribution < -0.4 is 10.1 Å². The first-order valence-corrected chi connectivity index (χ1v) is 8.64. The van der Waals surface area contributed by atoms with E-state index in [4.69, 9.17) is 9.84 Å². The van der Waals surface area contributed by atoms with Gasteiger partial charge in [0.2, 0.25) is 0 Å². The van der Waals surface area contributed by atoms with Crippen LogP contribution in [0.4, 0.5) is 4.79 Å². The number of benzene rings is 1. The lowest BCUT2D eigenvalue weighted by Crippen LogP contribution is -2.45. The standard InChI is InChI=1S/C18H24N2O4/c21-17(22)7-9-19-18(23)20(15-3-1-2-4-15)12-13-5-6-16-14(11-13)8-10-24-16/h5-6,11,15H,1-4,7-10,12H2,(H,19,23)(H,21,22). The van der Waals surface area contributed by atoms with E-state index >= 15 is 0 Å². The lowest BCUT2D eigenvalue weighted by Gasteiger charge is -2.29. The van der Waals surface area contributed by atoms with Gasteiger partial charge >= 0.3 is 12.0 Å². The zero-order chi connectivity index (χ0) is 16.9. The molecule has 0 bridgehead atoms. The summed E-state index contributed by atoms with van der Waals surface area (Å²) in [4.78, 5) is 25.0. The van der Waals surface area contributed by atoms with Crippen LogP contribution in [0.1, 0.15) is 43.2 Å². The molecule has 1 heterocycles. The Morgan fingerprint density at radius 3 is 2.83 bits per heavy atom. The maximum Gasteiger partial charge on any atom is 0.317 e.